The normalized spacial score (nSPS) is 19.6. The van der Waals surface area contributed by atoms with E-state index in [2.05, 4.69) is 26.3 Å². The lowest BCUT2D eigenvalue weighted by molar-refractivity contribution is -0.128. The molecular formula is C22H19BrN4O3S. The molecule has 0 saturated carbocycles. The fraction of sp³-hybridized carbons (Fsp3) is 0.182. The number of hydrazone groups is 1. The predicted octanol–water partition coefficient (Wildman–Crippen LogP) is 4.06. The van der Waals surface area contributed by atoms with Gasteiger partial charge in [-0.1, -0.05) is 40.2 Å². The average Bonchev–Trinajstić information content (AvgIpc) is 3.31. The summed E-state index contributed by atoms with van der Waals surface area (Å²) < 4.78 is 0.920. The summed E-state index contributed by atoms with van der Waals surface area (Å²) in [6.07, 6.45) is 1.71. The number of rotatable bonds is 4. The highest BCUT2D eigenvalue weighted by Gasteiger charge is 2.34. The SMILES string of the molecule is CN(C)c1ccc(C2CC(c3cccc(Br)c3)=NN2C(=O)/C=C2\SC(=O)NC2=O)cc1. The summed E-state index contributed by atoms with van der Waals surface area (Å²) in [5, 5.41) is 7.67. The van der Waals surface area contributed by atoms with E-state index in [-0.39, 0.29) is 10.9 Å². The molecule has 2 aliphatic heterocycles. The maximum absolute atomic E-state index is 13.1. The lowest BCUT2D eigenvalue weighted by Crippen LogP contribution is -2.26. The molecule has 1 N–H and O–H groups in total. The molecule has 0 bridgehead atoms. The molecule has 1 fully saturated rings. The lowest BCUT2D eigenvalue weighted by atomic mass is 9.98. The van der Waals surface area contributed by atoms with Gasteiger partial charge in [0.25, 0.3) is 17.1 Å². The highest BCUT2D eigenvalue weighted by atomic mass is 79.9. The summed E-state index contributed by atoms with van der Waals surface area (Å²) in [7, 11) is 3.93. The lowest BCUT2D eigenvalue weighted by Gasteiger charge is -2.22. The van der Waals surface area contributed by atoms with E-state index in [1.165, 1.54) is 11.1 Å². The number of thioether (sulfide) groups is 1. The molecule has 31 heavy (non-hydrogen) atoms. The summed E-state index contributed by atoms with van der Waals surface area (Å²) in [4.78, 5) is 38.5. The number of nitrogens with zero attached hydrogens (tertiary/aromatic N) is 3. The van der Waals surface area contributed by atoms with E-state index in [9.17, 15) is 14.4 Å². The van der Waals surface area contributed by atoms with Crippen molar-refractivity contribution in [2.75, 3.05) is 19.0 Å². The zero-order valence-corrected chi connectivity index (χ0v) is 19.2. The quantitative estimate of drug-likeness (QED) is 0.642. The van der Waals surface area contributed by atoms with Crippen LogP contribution in [0.3, 0.4) is 0 Å². The average molecular weight is 499 g/mol. The molecule has 0 spiro atoms. The Bertz CT molecular complexity index is 1130. The van der Waals surface area contributed by atoms with Gasteiger partial charge in [-0.25, -0.2) is 5.01 Å². The van der Waals surface area contributed by atoms with E-state index in [4.69, 9.17) is 0 Å². The summed E-state index contributed by atoms with van der Waals surface area (Å²) in [5.74, 6) is -1.01. The molecule has 1 atom stereocenters. The molecule has 7 nitrogen and oxygen atoms in total. The minimum Gasteiger partial charge on any atom is -0.378 e. The number of benzene rings is 2. The first kappa shape index (κ1) is 21.3. The first-order chi connectivity index (χ1) is 14.8. The number of hydrogen-bond donors (Lipinski definition) is 1. The standard InChI is InChI=1S/C22H19BrN4O3S/c1-26(2)16-8-6-13(7-9-16)18-11-17(14-4-3-5-15(23)10-14)25-27(18)20(28)12-19-21(29)24-22(30)31-19/h3-10,12,18H,11H2,1-2H3,(H,24,29,30)/b19-12-. The molecule has 2 heterocycles. The third-order valence-electron chi connectivity index (χ3n) is 4.98. The van der Waals surface area contributed by atoms with Crippen molar-refractivity contribution in [3.8, 4) is 0 Å². The molecule has 0 radical (unpaired) electrons. The Kier molecular flexibility index (Phi) is 5.97. The van der Waals surface area contributed by atoms with Crippen LogP contribution < -0.4 is 10.2 Å². The molecule has 2 aliphatic rings. The molecule has 1 saturated heterocycles. The van der Waals surface area contributed by atoms with Gasteiger partial charge in [0.1, 0.15) is 0 Å². The first-order valence-corrected chi connectivity index (χ1v) is 11.1. The van der Waals surface area contributed by atoms with Gasteiger partial charge in [0.2, 0.25) is 0 Å². The second-order valence-electron chi connectivity index (χ2n) is 7.30. The van der Waals surface area contributed by atoms with Gasteiger partial charge in [0.15, 0.2) is 0 Å². The van der Waals surface area contributed by atoms with Gasteiger partial charge < -0.3 is 4.90 Å². The minimum atomic E-state index is -0.564. The zero-order chi connectivity index (χ0) is 22.1. The number of imide groups is 1. The van der Waals surface area contributed by atoms with Crippen molar-refractivity contribution in [2.45, 2.75) is 12.5 Å². The van der Waals surface area contributed by atoms with Crippen LogP contribution in [0.5, 0.6) is 0 Å². The van der Waals surface area contributed by atoms with Crippen molar-refractivity contribution in [2.24, 2.45) is 5.10 Å². The molecule has 9 heteroatoms. The van der Waals surface area contributed by atoms with E-state index >= 15 is 0 Å². The Morgan fingerprint density at radius 1 is 1.23 bits per heavy atom. The zero-order valence-electron chi connectivity index (χ0n) is 16.8. The van der Waals surface area contributed by atoms with Gasteiger partial charge in [0, 0.05) is 36.8 Å². The Morgan fingerprint density at radius 3 is 2.58 bits per heavy atom. The summed E-state index contributed by atoms with van der Waals surface area (Å²) in [6.45, 7) is 0. The smallest absolute Gasteiger partial charge is 0.290 e. The van der Waals surface area contributed by atoms with E-state index in [0.717, 1.165) is 27.0 Å². The molecule has 0 aliphatic carbocycles. The van der Waals surface area contributed by atoms with E-state index < -0.39 is 17.1 Å². The van der Waals surface area contributed by atoms with Crippen LogP contribution in [0.2, 0.25) is 0 Å². The maximum atomic E-state index is 13.1. The fourth-order valence-electron chi connectivity index (χ4n) is 3.41. The molecule has 2 aromatic rings. The number of amides is 3. The second kappa shape index (κ2) is 8.68. The molecule has 158 valence electrons. The molecule has 1 unspecified atom stereocenters. The minimum absolute atomic E-state index is 0.0720. The van der Waals surface area contributed by atoms with Crippen molar-refractivity contribution in [1.82, 2.24) is 10.3 Å². The van der Waals surface area contributed by atoms with E-state index in [1.807, 2.05) is 67.5 Å². The number of hydrogen-bond acceptors (Lipinski definition) is 6. The van der Waals surface area contributed by atoms with Crippen molar-refractivity contribution < 1.29 is 14.4 Å². The number of nitrogens with one attached hydrogen (secondary N) is 1. The largest absolute Gasteiger partial charge is 0.378 e. The number of halogens is 1. The van der Waals surface area contributed by atoms with Crippen LogP contribution in [0.25, 0.3) is 0 Å². The molecule has 3 amide bonds. The fourth-order valence-corrected chi connectivity index (χ4v) is 4.46. The first-order valence-electron chi connectivity index (χ1n) is 9.50. The molecule has 2 aromatic carbocycles. The summed E-state index contributed by atoms with van der Waals surface area (Å²) in [6, 6.07) is 15.4. The molecule has 4 rings (SSSR count). The Hall–Kier alpha value is -2.91. The van der Waals surface area contributed by atoms with Crippen molar-refractivity contribution >= 4 is 56.1 Å². The van der Waals surface area contributed by atoms with Crippen LogP contribution in [0.15, 0.2) is 69.1 Å². The van der Waals surface area contributed by atoms with Crippen LogP contribution >= 0.6 is 27.7 Å². The Labute approximate surface area is 192 Å². The van der Waals surface area contributed by atoms with Crippen molar-refractivity contribution in [3.05, 3.63) is 75.1 Å². The number of carbonyl (C=O) groups excluding carboxylic acids is 3. The number of carbonyl (C=O) groups is 3. The summed E-state index contributed by atoms with van der Waals surface area (Å²) in [5.41, 5.74) is 3.67. The summed E-state index contributed by atoms with van der Waals surface area (Å²) >= 11 is 4.19. The van der Waals surface area contributed by atoms with Crippen LogP contribution in [0.1, 0.15) is 23.6 Å². The van der Waals surface area contributed by atoms with Crippen LogP contribution in [0.4, 0.5) is 10.5 Å². The highest BCUT2D eigenvalue weighted by Crippen LogP contribution is 2.35. The monoisotopic (exact) mass is 498 g/mol. The van der Waals surface area contributed by atoms with E-state index in [0.29, 0.717) is 18.2 Å². The van der Waals surface area contributed by atoms with Gasteiger partial charge in [-0.05, 0) is 47.2 Å². The predicted molar refractivity (Wildman–Crippen MR) is 125 cm³/mol. The molecular weight excluding hydrogens is 480 g/mol. The van der Waals surface area contributed by atoms with Gasteiger partial charge in [-0.2, -0.15) is 5.10 Å². The maximum Gasteiger partial charge on any atom is 0.290 e. The van der Waals surface area contributed by atoms with Crippen LogP contribution in [0, 0.1) is 0 Å². The Balaban J connectivity index is 1.69. The van der Waals surface area contributed by atoms with Gasteiger partial charge in [-0.15, -0.1) is 0 Å². The highest BCUT2D eigenvalue weighted by molar-refractivity contribution is 9.10. The second-order valence-corrected chi connectivity index (χ2v) is 9.23. The van der Waals surface area contributed by atoms with Gasteiger partial charge >= 0.3 is 0 Å². The van der Waals surface area contributed by atoms with Crippen molar-refractivity contribution in [3.63, 3.8) is 0 Å². The topological polar surface area (TPSA) is 82.1 Å². The Morgan fingerprint density at radius 2 is 1.97 bits per heavy atom. The molecule has 0 aromatic heterocycles. The number of anilines is 1. The third-order valence-corrected chi connectivity index (χ3v) is 6.29. The van der Waals surface area contributed by atoms with Gasteiger partial charge in [0.05, 0.1) is 16.7 Å². The van der Waals surface area contributed by atoms with Crippen LogP contribution in [-0.4, -0.2) is 41.9 Å². The van der Waals surface area contributed by atoms with Crippen LogP contribution in [-0.2, 0) is 9.59 Å². The van der Waals surface area contributed by atoms with E-state index in [1.54, 1.807) is 0 Å². The van der Waals surface area contributed by atoms with Gasteiger partial charge in [-0.3, -0.25) is 19.7 Å². The third kappa shape index (κ3) is 4.57. The van der Waals surface area contributed by atoms with Crippen molar-refractivity contribution in [1.29, 1.82) is 0 Å².